The lowest BCUT2D eigenvalue weighted by atomic mass is 9.78. The highest BCUT2D eigenvalue weighted by molar-refractivity contribution is 5.68. The number of carbonyl (C=O) groups is 1. The first-order chi connectivity index (χ1) is 10.9. The first-order valence-electron chi connectivity index (χ1n) is 7.39. The number of rotatable bonds is 2. The van der Waals surface area contributed by atoms with Crippen LogP contribution in [-0.2, 0) is 10.2 Å². The first kappa shape index (κ1) is 16.7. The quantitative estimate of drug-likeness (QED) is 0.795. The summed E-state index contributed by atoms with van der Waals surface area (Å²) in [5.41, 5.74) is 2.10. The standard InChI is InChI=1S/C15H16O2.C3H5NO2/c1-15(2,11-3-7-13(16)8-4-11)12-5-9-14(17)10-6-12;5-3-4-1-2-6-3/h3-10,16-17H,1-2H3;1-2H2,(H,4,5). The van der Waals surface area contributed by atoms with Crippen LogP contribution in [0.25, 0.3) is 0 Å². The second-order valence-corrected chi connectivity index (χ2v) is 5.78. The predicted octanol–water partition coefficient (Wildman–Crippen LogP) is 3.15. The van der Waals surface area contributed by atoms with E-state index in [-0.39, 0.29) is 23.0 Å². The molecule has 2 aromatic carbocycles. The van der Waals surface area contributed by atoms with Crippen LogP contribution in [0.15, 0.2) is 48.5 Å². The van der Waals surface area contributed by atoms with Crippen LogP contribution >= 0.6 is 0 Å². The minimum absolute atomic E-state index is 0.151. The highest BCUT2D eigenvalue weighted by Gasteiger charge is 2.22. The zero-order chi connectivity index (χ0) is 16.9. The number of hydrogen-bond acceptors (Lipinski definition) is 4. The van der Waals surface area contributed by atoms with E-state index in [1.165, 1.54) is 0 Å². The molecule has 23 heavy (non-hydrogen) atoms. The Labute approximate surface area is 135 Å². The molecule has 0 aromatic heterocycles. The molecule has 2 aromatic rings. The van der Waals surface area contributed by atoms with Crippen LogP contribution < -0.4 is 5.32 Å². The van der Waals surface area contributed by atoms with Crippen molar-refractivity contribution in [3.05, 3.63) is 59.7 Å². The van der Waals surface area contributed by atoms with E-state index in [9.17, 15) is 15.0 Å². The number of phenols is 2. The lowest BCUT2D eigenvalue weighted by molar-refractivity contribution is 0.178. The minimum atomic E-state index is -0.296. The molecule has 1 aliphatic heterocycles. The van der Waals surface area contributed by atoms with Crippen molar-refractivity contribution >= 4 is 6.09 Å². The topological polar surface area (TPSA) is 78.8 Å². The number of cyclic esters (lactones) is 1. The molecular formula is C18H21NO4. The molecule has 1 heterocycles. The third-order valence-corrected chi connectivity index (χ3v) is 3.78. The second-order valence-electron chi connectivity index (χ2n) is 5.78. The molecule has 0 spiro atoms. The monoisotopic (exact) mass is 315 g/mol. The molecule has 0 atom stereocenters. The molecule has 1 amide bonds. The SMILES string of the molecule is CC(C)(c1ccc(O)cc1)c1ccc(O)cc1.O=C1NCCO1. The van der Waals surface area contributed by atoms with Crippen molar-refractivity contribution in [1.29, 1.82) is 0 Å². The van der Waals surface area contributed by atoms with Crippen molar-refractivity contribution in [3.63, 3.8) is 0 Å². The van der Waals surface area contributed by atoms with Crippen LogP contribution in [0.2, 0.25) is 0 Å². The zero-order valence-corrected chi connectivity index (χ0v) is 13.2. The Balaban J connectivity index is 0.000000268. The van der Waals surface area contributed by atoms with Crippen LogP contribution in [0.4, 0.5) is 4.79 Å². The van der Waals surface area contributed by atoms with Crippen molar-refractivity contribution in [3.8, 4) is 11.5 Å². The molecule has 5 heteroatoms. The van der Waals surface area contributed by atoms with Gasteiger partial charge >= 0.3 is 6.09 Å². The number of phenolic OH excluding ortho intramolecular Hbond substituents is 2. The molecule has 5 nitrogen and oxygen atoms in total. The first-order valence-corrected chi connectivity index (χ1v) is 7.39. The summed E-state index contributed by atoms with van der Waals surface area (Å²) in [6.45, 7) is 5.43. The number of nitrogens with one attached hydrogen (secondary N) is 1. The Morgan fingerprint density at radius 2 is 1.35 bits per heavy atom. The number of ether oxygens (including phenoxy) is 1. The van der Waals surface area contributed by atoms with E-state index in [1.54, 1.807) is 24.3 Å². The lowest BCUT2D eigenvalue weighted by Crippen LogP contribution is -2.18. The summed E-state index contributed by atoms with van der Waals surface area (Å²) >= 11 is 0. The molecule has 1 fully saturated rings. The molecule has 3 N–H and O–H groups in total. The van der Waals surface area contributed by atoms with Gasteiger partial charge in [-0.1, -0.05) is 38.1 Å². The summed E-state index contributed by atoms with van der Waals surface area (Å²) in [5.74, 6) is 0.547. The van der Waals surface area contributed by atoms with Gasteiger partial charge in [-0.15, -0.1) is 0 Å². The van der Waals surface area contributed by atoms with Gasteiger partial charge in [-0.25, -0.2) is 4.79 Å². The Morgan fingerprint density at radius 1 is 0.913 bits per heavy atom. The normalized spacial score (nSPS) is 13.6. The molecule has 0 bridgehead atoms. The van der Waals surface area contributed by atoms with Crippen molar-refractivity contribution in [2.45, 2.75) is 19.3 Å². The van der Waals surface area contributed by atoms with Gasteiger partial charge in [-0.3, -0.25) is 0 Å². The van der Waals surface area contributed by atoms with Crippen molar-refractivity contribution in [2.24, 2.45) is 0 Å². The highest BCUT2D eigenvalue weighted by atomic mass is 16.6. The average Bonchev–Trinajstić information content (AvgIpc) is 3.00. The number of carbonyl (C=O) groups excluding carboxylic acids is 1. The Hall–Kier alpha value is -2.69. The number of benzene rings is 2. The van der Waals surface area contributed by atoms with E-state index in [1.807, 2.05) is 24.3 Å². The molecule has 122 valence electrons. The van der Waals surface area contributed by atoms with Gasteiger partial charge in [0.1, 0.15) is 18.1 Å². The van der Waals surface area contributed by atoms with Gasteiger partial charge in [0.25, 0.3) is 0 Å². The van der Waals surface area contributed by atoms with Crippen LogP contribution in [0, 0.1) is 0 Å². The second kappa shape index (κ2) is 7.05. The van der Waals surface area contributed by atoms with Crippen molar-refractivity contribution in [1.82, 2.24) is 5.32 Å². The van der Waals surface area contributed by atoms with Crippen LogP contribution in [0.1, 0.15) is 25.0 Å². The van der Waals surface area contributed by atoms with Gasteiger partial charge < -0.3 is 20.3 Å². The van der Waals surface area contributed by atoms with Gasteiger partial charge in [0.15, 0.2) is 0 Å². The Bertz CT molecular complexity index is 592. The summed E-state index contributed by atoms with van der Waals surface area (Å²) in [6.07, 6.45) is -0.296. The van der Waals surface area contributed by atoms with Gasteiger partial charge in [0.2, 0.25) is 0 Å². The molecule has 0 saturated carbocycles. The van der Waals surface area contributed by atoms with E-state index < -0.39 is 0 Å². The third kappa shape index (κ3) is 4.39. The number of aromatic hydroxyl groups is 2. The van der Waals surface area contributed by atoms with Crippen LogP contribution in [0.5, 0.6) is 11.5 Å². The highest BCUT2D eigenvalue weighted by Crippen LogP contribution is 2.32. The number of amides is 1. The van der Waals surface area contributed by atoms with Crippen molar-refractivity contribution < 1.29 is 19.7 Å². The van der Waals surface area contributed by atoms with Gasteiger partial charge in [-0.05, 0) is 35.4 Å². The Kier molecular flexibility index (Phi) is 5.11. The van der Waals surface area contributed by atoms with E-state index in [0.29, 0.717) is 13.2 Å². The van der Waals surface area contributed by atoms with Crippen molar-refractivity contribution in [2.75, 3.05) is 13.2 Å². The Morgan fingerprint density at radius 3 is 1.61 bits per heavy atom. The lowest BCUT2D eigenvalue weighted by Gasteiger charge is -2.26. The maximum absolute atomic E-state index is 9.91. The third-order valence-electron chi connectivity index (χ3n) is 3.78. The van der Waals surface area contributed by atoms with Crippen LogP contribution in [0.3, 0.4) is 0 Å². The summed E-state index contributed by atoms with van der Waals surface area (Å²) in [4.78, 5) is 9.91. The average molecular weight is 315 g/mol. The smallest absolute Gasteiger partial charge is 0.407 e. The molecule has 0 aliphatic carbocycles. The fraction of sp³-hybridized carbons (Fsp3) is 0.278. The van der Waals surface area contributed by atoms with E-state index in [4.69, 9.17) is 0 Å². The maximum atomic E-state index is 9.91. The molecule has 0 unspecified atom stereocenters. The van der Waals surface area contributed by atoms with E-state index in [2.05, 4.69) is 23.9 Å². The number of hydrogen-bond donors (Lipinski definition) is 3. The molecule has 1 aliphatic rings. The summed E-state index contributed by atoms with van der Waals surface area (Å²) in [7, 11) is 0. The predicted molar refractivity (Wildman–Crippen MR) is 87.7 cm³/mol. The van der Waals surface area contributed by atoms with E-state index in [0.717, 1.165) is 11.1 Å². The fourth-order valence-corrected chi connectivity index (χ4v) is 2.27. The van der Waals surface area contributed by atoms with Gasteiger partial charge in [-0.2, -0.15) is 0 Å². The fourth-order valence-electron chi connectivity index (χ4n) is 2.27. The van der Waals surface area contributed by atoms with E-state index >= 15 is 0 Å². The molecular weight excluding hydrogens is 294 g/mol. The summed E-state index contributed by atoms with van der Waals surface area (Å²) in [5, 5.41) is 21.1. The molecule has 0 radical (unpaired) electrons. The van der Waals surface area contributed by atoms with Crippen LogP contribution in [-0.4, -0.2) is 29.5 Å². The largest absolute Gasteiger partial charge is 0.508 e. The molecule has 1 saturated heterocycles. The summed E-state index contributed by atoms with van der Waals surface area (Å²) < 4.78 is 4.40. The number of alkyl carbamates (subject to hydrolysis) is 1. The zero-order valence-electron chi connectivity index (χ0n) is 13.2. The maximum Gasteiger partial charge on any atom is 0.407 e. The summed E-state index contributed by atoms with van der Waals surface area (Å²) in [6, 6.07) is 14.4. The van der Waals surface area contributed by atoms with Gasteiger partial charge in [0.05, 0.1) is 6.54 Å². The molecule has 3 rings (SSSR count). The van der Waals surface area contributed by atoms with Gasteiger partial charge in [0, 0.05) is 5.41 Å². The minimum Gasteiger partial charge on any atom is -0.508 e.